The number of hydrogen-bond acceptors (Lipinski definition) is 8. The largest absolute Gasteiger partial charge is 0.495 e. The lowest BCUT2D eigenvalue weighted by Crippen LogP contribution is -2.10. The number of nitrogens with one attached hydrogen (secondary N) is 1. The van der Waals surface area contributed by atoms with Crippen LogP contribution in [0.4, 0.5) is 5.69 Å². The van der Waals surface area contributed by atoms with Gasteiger partial charge in [-0.15, -0.1) is 0 Å². The van der Waals surface area contributed by atoms with Gasteiger partial charge in [-0.1, -0.05) is 24.3 Å². The summed E-state index contributed by atoms with van der Waals surface area (Å²) in [4.78, 5) is 12.9. The number of carbonyl (C=O) groups is 1. The molecule has 3 aromatic carbocycles. The highest BCUT2D eigenvalue weighted by molar-refractivity contribution is 6.04. The number of carbonyl (C=O) groups excluding carboxylic acids is 1. The van der Waals surface area contributed by atoms with Gasteiger partial charge in [0.05, 0.1) is 55.5 Å². The first-order valence-corrected chi connectivity index (χ1v) is 11.9. The van der Waals surface area contributed by atoms with Crippen molar-refractivity contribution in [3.63, 3.8) is 0 Å². The molecular formula is C30H33NO8. The summed E-state index contributed by atoms with van der Waals surface area (Å²) in [5, 5.41) is 2.92. The average molecular weight is 536 g/mol. The molecule has 0 fully saturated rings. The van der Waals surface area contributed by atoms with E-state index in [0.717, 1.165) is 11.1 Å². The van der Waals surface area contributed by atoms with Gasteiger partial charge in [0, 0.05) is 11.6 Å². The quantitative estimate of drug-likeness (QED) is 0.238. The standard InChI is InChI=1S/C30H33NO8/c1-33-22-10-8-9-21(13-11-19-15-23(34-2)29(38-6)24(16-19)35-3)28(22)31-27(32)14-12-20-17-25(36-4)30(39-7)26(18-20)37-5/h8-18H,1-7H3,(H,31,32)/b13-11?,14-12+. The van der Waals surface area contributed by atoms with E-state index in [-0.39, 0.29) is 5.91 Å². The molecule has 9 nitrogen and oxygen atoms in total. The van der Waals surface area contributed by atoms with Gasteiger partial charge in [-0.05, 0) is 47.5 Å². The van der Waals surface area contributed by atoms with Crippen LogP contribution >= 0.6 is 0 Å². The lowest BCUT2D eigenvalue weighted by molar-refractivity contribution is -0.111. The summed E-state index contributed by atoms with van der Waals surface area (Å²) in [6.45, 7) is 0. The van der Waals surface area contributed by atoms with Gasteiger partial charge in [0.2, 0.25) is 17.4 Å². The second-order valence-electron chi connectivity index (χ2n) is 8.00. The third kappa shape index (κ3) is 6.75. The highest BCUT2D eigenvalue weighted by Crippen LogP contribution is 2.40. The van der Waals surface area contributed by atoms with Gasteiger partial charge < -0.3 is 38.5 Å². The van der Waals surface area contributed by atoms with E-state index in [9.17, 15) is 4.79 Å². The highest BCUT2D eigenvalue weighted by Gasteiger charge is 2.14. The van der Waals surface area contributed by atoms with Crippen molar-refractivity contribution in [3.8, 4) is 40.2 Å². The Morgan fingerprint density at radius 2 is 1.05 bits per heavy atom. The van der Waals surface area contributed by atoms with Gasteiger partial charge in [-0.25, -0.2) is 0 Å². The van der Waals surface area contributed by atoms with Crippen LogP contribution in [0.15, 0.2) is 48.5 Å². The Hall–Kier alpha value is -4.79. The number of rotatable bonds is 12. The molecule has 1 amide bonds. The van der Waals surface area contributed by atoms with Crippen LogP contribution < -0.4 is 38.5 Å². The third-order valence-electron chi connectivity index (χ3n) is 5.78. The van der Waals surface area contributed by atoms with E-state index in [2.05, 4.69) is 5.32 Å². The van der Waals surface area contributed by atoms with Gasteiger partial charge in [0.15, 0.2) is 23.0 Å². The maximum absolute atomic E-state index is 12.9. The van der Waals surface area contributed by atoms with Crippen LogP contribution in [0.1, 0.15) is 16.7 Å². The molecule has 0 saturated heterocycles. The Kier molecular flexibility index (Phi) is 10.1. The average Bonchev–Trinajstić information content (AvgIpc) is 2.97. The third-order valence-corrected chi connectivity index (χ3v) is 5.78. The SMILES string of the molecule is COc1cccc(C=Cc2cc(OC)c(OC)c(OC)c2)c1NC(=O)/C=C/c1cc(OC)c(OC)c(OC)c1. The molecule has 0 unspecified atom stereocenters. The molecule has 3 aromatic rings. The lowest BCUT2D eigenvalue weighted by atomic mass is 10.1. The van der Waals surface area contributed by atoms with Gasteiger partial charge in [-0.2, -0.15) is 0 Å². The minimum Gasteiger partial charge on any atom is -0.495 e. The van der Waals surface area contributed by atoms with Crippen molar-refractivity contribution in [1.29, 1.82) is 0 Å². The van der Waals surface area contributed by atoms with E-state index in [1.165, 1.54) is 27.4 Å². The van der Waals surface area contributed by atoms with Gasteiger partial charge >= 0.3 is 0 Å². The van der Waals surface area contributed by atoms with Crippen LogP contribution in [-0.4, -0.2) is 55.7 Å². The first-order valence-electron chi connectivity index (χ1n) is 11.9. The summed E-state index contributed by atoms with van der Waals surface area (Å²) in [6, 6.07) is 12.6. The normalized spacial score (nSPS) is 10.8. The molecular weight excluding hydrogens is 502 g/mol. The van der Waals surface area contributed by atoms with Crippen molar-refractivity contribution < 1.29 is 38.0 Å². The molecule has 0 aromatic heterocycles. The predicted octanol–water partition coefficient (Wildman–Crippen LogP) is 5.57. The monoisotopic (exact) mass is 535 g/mol. The molecule has 206 valence electrons. The number of benzene rings is 3. The van der Waals surface area contributed by atoms with Crippen LogP contribution in [-0.2, 0) is 4.79 Å². The second-order valence-corrected chi connectivity index (χ2v) is 8.00. The molecule has 0 aliphatic rings. The Balaban J connectivity index is 1.90. The van der Waals surface area contributed by atoms with Crippen molar-refractivity contribution in [3.05, 3.63) is 65.2 Å². The van der Waals surface area contributed by atoms with E-state index >= 15 is 0 Å². The van der Waals surface area contributed by atoms with Crippen LogP contribution in [0.2, 0.25) is 0 Å². The van der Waals surface area contributed by atoms with Gasteiger partial charge in [0.25, 0.3) is 0 Å². The van der Waals surface area contributed by atoms with E-state index in [1.807, 2.05) is 36.4 Å². The fourth-order valence-corrected chi connectivity index (χ4v) is 3.91. The van der Waals surface area contributed by atoms with Crippen LogP contribution in [0, 0.1) is 0 Å². The van der Waals surface area contributed by atoms with E-state index in [1.54, 1.807) is 52.7 Å². The molecule has 0 atom stereocenters. The number of anilines is 1. The Morgan fingerprint density at radius 3 is 1.49 bits per heavy atom. The molecule has 1 N–H and O–H groups in total. The molecule has 0 spiro atoms. The zero-order valence-corrected chi connectivity index (χ0v) is 23.1. The minimum atomic E-state index is -0.351. The van der Waals surface area contributed by atoms with Crippen molar-refractivity contribution in [2.75, 3.05) is 55.1 Å². The van der Waals surface area contributed by atoms with E-state index in [4.69, 9.17) is 33.2 Å². The topological polar surface area (TPSA) is 93.7 Å². The molecule has 0 bridgehead atoms. The number of hydrogen-bond donors (Lipinski definition) is 1. The zero-order valence-electron chi connectivity index (χ0n) is 23.1. The number of methoxy groups -OCH3 is 7. The highest BCUT2D eigenvalue weighted by atomic mass is 16.5. The Morgan fingerprint density at radius 1 is 0.590 bits per heavy atom. The molecule has 0 radical (unpaired) electrons. The van der Waals surface area contributed by atoms with Crippen LogP contribution in [0.3, 0.4) is 0 Å². The fourth-order valence-electron chi connectivity index (χ4n) is 3.91. The van der Waals surface area contributed by atoms with Gasteiger partial charge in [-0.3, -0.25) is 4.79 Å². The predicted molar refractivity (Wildman–Crippen MR) is 152 cm³/mol. The van der Waals surface area contributed by atoms with E-state index in [0.29, 0.717) is 51.5 Å². The van der Waals surface area contributed by atoms with Crippen molar-refractivity contribution in [1.82, 2.24) is 0 Å². The Labute approximate surface area is 228 Å². The first kappa shape index (κ1) is 28.8. The van der Waals surface area contributed by atoms with Gasteiger partial charge in [0.1, 0.15) is 5.75 Å². The van der Waals surface area contributed by atoms with Crippen LogP contribution in [0.5, 0.6) is 40.2 Å². The summed E-state index contributed by atoms with van der Waals surface area (Å²) in [7, 11) is 10.8. The number of ether oxygens (including phenoxy) is 7. The van der Waals surface area contributed by atoms with Crippen molar-refractivity contribution >= 4 is 29.8 Å². The van der Waals surface area contributed by atoms with Crippen molar-refractivity contribution in [2.45, 2.75) is 0 Å². The summed E-state index contributed by atoms with van der Waals surface area (Å²) in [6.07, 6.45) is 6.81. The smallest absolute Gasteiger partial charge is 0.248 e. The maximum atomic E-state index is 12.9. The van der Waals surface area contributed by atoms with Crippen molar-refractivity contribution in [2.24, 2.45) is 0 Å². The summed E-state index contributed by atoms with van der Waals surface area (Å²) in [5.74, 6) is 3.18. The minimum absolute atomic E-state index is 0.351. The molecule has 0 heterocycles. The zero-order chi connectivity index (χ0) is 28.4. The Bertz CT molecular complexity index is 1310. The maximum Gasteiger partial charge on any atom is 0.248 e. The van der Waals surface area contributed by atoms with E-state index < -0.39 is 0 Å². The molecule has 0 aliphatic carbocycles. The molecule has 3 rings (SSSR count). The lowest BCUT2D eigenvalue weighted by Gasteiger charge is -2.14. The first-order chi connectivity index (χ1) is 18.9. The molecule has 0 aliphatic heterocycles. The van der Waals surface area contributed by atoms with Crippen LogP contribution in [0.25, 0.3) is 18.2 Å². The number of amides is 1. The molecule has 9 heteroatoms. The summed E-state index contributed by atoms with van der Waals surface area (Å²) in [5.41, 5.74) is 2.76. The summed E-state index contributed by atoms with van der Waals surface area (Å²) < 4.78 is 37.9. The summed E-state index contributed by atoms with van der Waals surface area (Å²) >= 11 is 0. The fraction of sp³-hybridized carbons (Fsp3) is 0.233. The molecule has 0 saturated carbocycles. The number of para-hydroxylation sites is 1. The second kappa shape index (κ2) is 13.7. The molecule has 39 heavy (non-hydrogen) atoms.